The van der Waals surface area contributed by atoms with Gasteiger partial charge in [-0.1, -0.05) is 195 Å². The molecule has 1 heteroatoms. The summed E-state index contributed by atoms with van der Waals surface area (Å²) in [6.07, 6.45) is 6.58. The van der Waals surface area contributed by atoms with E-state index in [9.17, 15) is 0 Å². The zero-order valence-electron chi connectivity index (χ0n) is 31.9. The molecule has 0 unspecified atom stereocenters. The molecule has 10 rings (SSSR count). The first-order valence-corrected chi connectivity index (χ1v) is 19.7. The summed E-state index contributed by atoms with van der Waals surface area (Å²) >= 11 is 0. The van der Waals surface area contributed by atoms with Gasteiger partial charge in [-0.2, -0.15) is 0 Å². The molecule has 0 aliphatic heterocycles. The van der Waals surface area contributed by atoms with E-state index in [0.717, 1.165) is 39.3 Å². The normalized spacial score (nSPS) is 13.2. The van der Waals surface area contributed by atoms with Gasteiger partial charge in [0, 0.05) is 16.9 Å². The molecule has 2 aliphatic rings. The highest BCUT2D eigenvalue weighted by atomic mass is 15.1. The predicted molar refractivity (Wildman–Crippen MR) is 241 cm³/mol. The minimum Gasteiger partial charge on any atom is -0.310 e. The van der Waals surface area contributed by atoms with Crippen LogP contribution in [-0.2, 0) is 5.41 Å². The van der Waals surface area contributed by atoms with Crippen molar-refractivity contribution in [3.05, 3.63) is 259 Å². The Bertz CT molecular complexity index is 2800. The molecule has 0 saturated heterocycles. The van der Waals surface area contributed by atoms with Crippen LogP contribution in [0.1, 0.15) is 34.7 Å². The van der Waals surface area contributed by atoms with Gasteiger partial charge in [0.25, 0.3) is 0 Å². The van der Waals surface area contributed by atoms with Crippen molar-refractivity contribution in [1.29, 1.82) is 0 Å². The standard InChI is InChI=1S/C56H41N/c1-3-44(33-31-39(2)40-19-7-4-8-20-40)57(55-36-32-43(41-21-9-5-10-22-41)37-50(55)42-23-11-6-12-24-42)45-34-35-49-48-27-15-18-30-53(48)56(54(49)38-45)51-28-16-13-25-46(51)47-26-14-17-29-52(47)56/h3-38H,2H2,1H3/b33-31-,44-3+. The van der Waals surface area contributed by atoms with E-state index in [-0.39, 0.29) is 0 Å². The Labute approximate surface area is 335 Å². The van der Waals surface area contributed by atoms with Crippen molar-refractivity contribution in [2.24, 2.45) is 0 Å². The average Bonchev–Trinajstić information content (AvgIpc) is 3.75. The first kappa shape index (κ1) is 34.3. The molecule has 0 fully saturated rings. The average molecular weight is 728 g/mol. The molecular formula is C56H41N. The van der Waals surface area contributed by atoms with Gasteiger partial charge in [-0.05, 0) is 110 Å². The highest BCUT2D eigenvalue weighted by molar-refractivity contribution is 5.97. The molecule has 8 aromatic carbocycles. The minimum absolute atomic E-state index is 0.451. The Hall–Kier alpha value is -7.22. The number of fused-ring (bicyclic) bond motifs is 10. The third kappa shape index (κ3) is 5.54. The molecule has 0 saturated carbocycles. The van der Waals surface area contributed by atoms with Crippen LogP contribution in [0.4, 0.5) is 11.4 Å². The van der Waals surface area contributed by atoms with Crippen molar-refractivity contribution < 1.29 is 0 Å². The predicted octanol–water partition coefficient (Wildman–Crippen LogP) is 14.7. The summed E-state index contributed by atoms with van der Waals surface area (Å²) in [4.78, 5) is 2.44. The van der Waals surface area contributed by atoms with Gasteiger partial charge in [-0.25, -0.2) is 0 Å². The zero-order chi connectivity index (χ0) is 38.3. The lowest BCUT2D eigenvalue weighted by Crippen LogP contribution is -2.26. The smallest absolute Gasteiger partial charge is 0.0726 e. The summed E-state index contributed by atoms with van der Waals surface area (Å²) < 4.78 is 0. The van der Waals surface area contributed by atoms with E-state index in [1.807, 2.05) is 6.07 Å². The molecule has 0 bridgehead atoms. The van der Waals surface area contributed by atoms with E-state index >= 15 is 0 Å². The topological polar surface area (TPSA) is 3.24 Å². The van der Waals surface area contributed by atoms with Gasteiger partial charge in [-0.3, -0.25) is 0 Å². The van der Waals surface area contributed by atoms with Crippen LogP contribution in [0.25, 0.3) is 50.1 Å². The molecule has 57 heavy (non-hydrogen) atoms. The SMILES string of the molecule is C=C(/C=C\C(=C/C)N(c1ccc2c(c1)C1(c3ccccc3-c3ccccc31)c1ccccc1-2)c1ccc(-c2ccccc2)cc1-c1ccccc1)c1ccccc1. The Morgan fingerprint density at radius 1 is 0.439 bits per heavy atom. The lowest BCUT2D eigenvalue weighted by atomic mass is 9.70. The highest BCUT2D eigenvalue weighted by Crippen LogP contribution is 2.63. The second-order valence-electron chi connectivity index (χ2n) is 14.9. The molecule has 0 N–H and O–H groups in total. The molecule has 2 aliphatic carbocycles. The highest BCUT2D eigenvalue weighted by Gasteiger charge is 2.51. The molecule has 1 nitrogen and oxygen atoms in total. The number of anilines is 2. The van der Waals surface area contributed by atoms with Crippen molar-refractivity contribution in [2.75, 3.05) is 4.90 Å². The molecule has 0 heterocycles. The van der Waals surface area contributed by atoms with E-state index in [1.54, 1.807) is 0 Å². The fraction of sp³-hybridized carbons (Fsp3) is 0.0357. The van der Waals surface area contributed by atoms with Crippen molar-refractivity contribution in [3.63, 3.8) is 0 Å². The molecule has 0 radical (unpaired) electrons. The van der Waals surface area contributed by atoms with Crippen LogP contribution in [0, 0.1) is 0 Å². The van der Waals surface area contributed by atoms with Crippen LogP contribution in [0.3, 0.4) is 0 Å². The van der Waals surface area contributed by atoms with Crippen LogP contribution in [-0.4, -0.2) is 0 Å². The number of rotatable bonds is 8. The maximum absolute atomic E-state index is 4.47. The maximum Gasteiger partial charge on any atom is 0.0726 e. The van der Waals surface area contributed by atoms with Crippen LogP contribution < -0.4 is 4.90 Å². The van der Waals surface area contributed by atoms with Gasteiger partial charge in [0.1, 0.15) is 0 Å². The fourth-order valence-electron chi connectivity index (χ4n) is 9.27. The molecule has 1 spiro atoms. The molecule has 0 amide bonds. The molecule has 0 aromatic heterocycles. The second-order valence-corrected chi connectivity index (χ2v) is 14.9. The first-order chi connectivity index (χ1) is 28.2. The summed E-state index contributed by atoms with van der Waals surface area (Å²) in [6, 6.07) is 72.9. The molecule has 0 atom stereocenters. The monoisotopic (exact) mass is 727 g/mol. The number of hydrogen-bond acceptors (Lipinski definition) is 1. The Balaban J connectivity index is 1.23. The summed E-state index contributed by atoms with van der Waals surface area (Å²) in [7, 11) is 0. The van der Waals surface area contributed by atoms with Gasteiger partial charge in [0.15, 0.2) is 0 Å². The van der Waals surface area contributed by atoms with E-state index < -0.39 is 5.41 Å². The maximum atomic E-state index is 4.47. The largest absolute Gasteiger partial charge is 0.310 e. The quantitative estimate of drug-likeness (QED) is 0.141. The number of allylic oxidation sites excluding steroid dienone is 4. The molecule has 270 valence electrons. The minimum atomic E-state index is -0.451. The van der Waals surface area contributed by atoms with Gasteiger partial charge >= 0.3 is 0 Å². The van der Waals surface area contributed by atoms with Gasteiger partial charge in [-0.15, -0.1) is 0 Å². The number of nitrogens with zero attached hydrogens (tertiary/aromatic N) is 1. The summed E-state index contributed by atoms with van der Waals surface area (Å²) in [6.45, 7) is 6.61. The van der Waals surface area contributed by atoms with Crippen LogP contribution in [0.2, 0.25) is 0 Å². The van der Waals surface area contributed by atoms with Crippen LogP contribution in [0.15, 0.2) is 231 Å². The van der Waals surface area contributed by atoms with Crippen LogP contribution in [0.5, 0.6) is 0 Å². The van der Waals surface area contributed by atoms with E-state index in [1.165, 1.54) is 55.6 Å². The van der Waals surface area contributed by atoms with Crippen molar-refractivity contribution in [2.45, 2.75) is 12.3 Å². The summed E-state index contributed by atoms with van der Waals surface area (Å²) in [5, 5.41) is 0. The Morgan fingerprint density at radius 3 is 1.53 bits per heavy atom. The third-order valence-corrected chi connectivity index (χ3v) is 11.8. The fourth-order valence-corrected chi connectivity index (χ4v) is 9.27. The lowest BCUT2D eigenvalue weighted by Gasteiger charge is -2.33. The van der Waals surface area contributed by atoms with Crippen molar-refractivity contribution >= 4 is 16.9 Å². The molecular weight excluding hydrogens is 687 g/mol. The second kappa shape index (κ2) is 14.1. The first-order valence-electron chi connectivity index (χ1n) is 19.7. The summed E-state index contributed by atoms with van der Waals surface area (Å²) in [5.74, 6) is 0. The number of benzene rings is 8. The molecule has 8 aromatic rings. The van der Waals surface area contributed by atoms with E-state index in [2.05, 4.69) is 231 Å². The Morgan fingerprint density at radius 2 is 0.947 bits per heavy atom. The third-order valence-electron chi connectivity index (χ3n) is 11.8. The zero-order valence-corrected chi connectivity index (χ0v) is 31.9. The van der Waals surface area contributed by atoms with Crippen molar-refractivity contribution in [3.8, 4) is 44.5 Å². The van der Waals surface area contributed by atoms with E-state index in [0.29, 0.717) is 0 Å². The van der Waals surface area contributed by atoms with Gasteiger partial charge < -0.3 is 4.90 Å². The lowest BCUT2D eigenvalue weighted by molar-refractivity contribution is 0.793. The van der Waals surface area contributed by atoms with Crippen LogP contribution >= 0.6 is 0 Å². The van der Waals surface area contributed by atoms with Crippen molar-refractivity contribution in [1.82, 2.24) is 0 Å². The number of hydrogen-bond donors (Lipinski definition) is 0. The Kier molecular flexibility index (Phi) is 8.50. The van der Waals surface area contributed by atoms with Gasteiger partial charge in [0.05, 0.1) is 11.1 Å². The van der Waals surface area contributed by atoms with E-state index in [4.69, 9.17) is 0 Å². The summed E-state index contributed by atoms with van der Waals surface area (Å²) in [5.41, 5.74) is 20.0. The van der Waals surface area contributed by atoms with Gasteiger partial charge in [0.2, 0.25) is 0 Å².